The molecule has 0 amide bonds. The van der Waals surface area contributed by atoms with E-state index in [2.05, 4.69) is 13.8 Å². The Hall–Kier alpha value is -3.83. The number of hydrogen-bond donors (Lipinski definition) is 0. The first kappa shape index (κ1) is 52.3. The van der Waals surface area contributed by atoms with Crippen molar-refractivity contribution in [3.8, 4) is 11.5 Å². The van der Waals surface area contributed by atoms with E-state index in [0.29, 0.717) is 24.3 Å². The Bertz CT molecular complexity index is 1280. The van der Waals surface area contributed by atoms with Crippen LogP contribution in [0.3, 0.4) is 0 Å². The molecule has 0 aromatic heterocycles. The molecule has 0 saturated heterocycles. The van der Waals surface area contributed by atoms with E-state index in [0.717, 1.165) is 38.5 Å². The molecule has 0 saturated carbocycles. The van der Waals surface area contributed by atoms with Gasteiger partial charge >= 0.3 is 18.1 Å². The highest BCUT2D eigenvalue weighted by Crippen LogP contribution is 2.23. The molecule has 2 unspecified atom stereocenters. The van der Waals surface area contributed by atoms with Gasteiger partial charge in [0, 0.05) is 12.8 Å². The van der Waals surface area contributed by atoms with Gasteiger partial charge in [-0.3, -0.25) is 9.78 Å². The van der Waals surface area contributed by atoms with Crippen molar-refractivity contribution in [1.29, 1.82) is 0 Å². The predicted octanol–water partition coefficient (Wildman–Crippen LogP) is 14.3. The molecule has 11 nitrogen and oxygen atoms in total. The molecule has 340 valence electrons. The first-order valence-electron chi connectivity index (χ1n) is 23.3. The van der Waals surface area contributed by atoms with Crippen molar-refractivity contribution in [1.82, 2.24) is 0 Å². The molecular weight excluding hydrogens is 765 g/mol. The molecule has 0 radical (unpaired) electrons. The summed E-state index contributed by atoms with van der Waals surface area (Å²) in [5, 5.41) is 0. The van der Waals surface area contributed by atoms with E-state index < -0.39 is 30.7 Å². The van der Waals surface area contributed by atoms with Crippen molar-refractivity contribution >= 4 is 18.1 Å². The lowest BCUT2D eigenvalue weighted by Gasteiger charge is -2.20. The van der Waals surface area contributed by atoms with Gasteiger partial charge in [-0.1, -0.05) is 192 Å². The minimum atomic E-state index is -1.25. The Labute approximate surface area is 361 Å². The molecule has 2 rings (SSSR count). The van der Waals surface area contributed by atoms with Crippen molar-refractivity contribution in [2.45, 2.75) is 206 Å². The Balaban J connectivity index is 1.93. The van der Waals surface area contributed by atoms with Crippen LogP contribution in [0.25, 0.3) is 0 Å². The van der Waals surface area contributed by atoms with Gasteiger partial charge in [-0.25, -0.2) is 14.4 Å². The lowest BCUT2D eigenvalue weighted by molar-refractivity contribution is -0.348. The number of para-hydroxylation sites is 2. The summed E-state index contributed by atoms with van der Waals surface area (Å²) in [6.45, 7) is 4.49. The van der Waals surface area contributed by atoms with E-state index in [9.17, 15) is 14.4 Å². The highest BCUT2D eigenvalue weighted by Gasteiger charge is 2.26. The van der Waals surface area contributed by atoms with Crippen LogP contribution in [0.15, 0.2) is 48.5 Å². The summed E-state index contributed by atoms with van der Waals surface area (Å²) in [5.74, 6) is -0.969. The summed E-state index contributed by atoms with van der Waals surface area (Å²) >= 11 is 0. The number of carbonyl (C=O) groups is 3. The number of carbonyl (C=O) groups excluding carboxylic acids is 3. The molecule has 0 aliphatic carbocycles. The second-order valence-corrected chi connectivity index (χ2v) is 15.7. The average molecular weight is 843 g/mol. The number of ether oxygens (including phenoxy) is 4. The van der Waals surface area contributed by atoms with Crippen molar-refractivity contribution in [3.05, 3.63) is 59.7 Å². The first-order chi connectivity index (χ1) is 29.4. The summed E-state index contributed by atoms with van der Waals surface area (Å²) in [7, 11) is 2.90. The van der Waals surface area contributed by atoms with Crippen LogP contribution in [-0.2, 0) is 29.0 Å². The van der Waals surface area contributed by atoms with Crippen LogP contribution in [0.2, 0.25) is 0 Å². The highest BCUT2D eigenvalue weighted by molar-refractivity contribution is 5.92. The maximum Gasteiger partial charge on any atom is 0.513 e. The third kappa shape index (κ3) is 25.1. The Morgan fingerprint density at radius 3 is 1.00 bits per heavy atom. The quantitative estimate of drug-likeness (QED) is 0.0211. The largest absolute Gasteiger partial charge is 0.513 e. The van der Waals surface area contributed by atoms with Gasteiger partial charge < -0.3 is 18.9 Å². The zero-order valence-corrected chi connectivity index (χ0v) is 37.6. The zero-order chi connectivity index (χ0) is 43.3. The summed E-state index contributed by atoms with van der Waals surface area (Å²) in [5.41, 5.74) is 0.316. The van der Waals surface area contributed by atoms with Crippen LogP contribution in [0.4, 0.5) is 4.79 Å². The number of unbranched alkanes of at least 4 members (excludes halogenated alkanes) is 24. The minimum Gasteiger partial charge on any atom is -0.496 e. The standard InChI is InChI=1S/C49H78O11/c1-5-7-9-11-13-15-17-19-21-23-25-27-29-39-45(57-59-47(50)41-35-31-33-37-43(41)53-3)55-49(52)56-46(58-60-48(51)42-36-32-34-38-44(42)54-4)40-30-28-26-24-22-20-18-16-14-12-10-8-6-2/h31-38,45-46H,5-30,39-40H2,1-4H3. The van der Waals surface area contributed by atoms with Crippen LogP contribution in [-0.4, -0.2) is 44.9 Å². The van der Waals surface area contributed by atoms with E-state index in [4.69, 9.17) is 38.5 Å². The highest BCUT2D eigenvalue weighted by atomic mass is 17.2. The molecule has 0 spiro atoms. The van der Waals surface area contributed by atoms with Crippen molar-refractivity contribution < 1.29 is 52.9 Å². The Kier molecular flexibility index (Phi) is 31.3. The summed E-state index contributed by atoms with van der Waals surface area (Å²) in [6.07, 6.45) is 27.6. The van der Waals surface area contributed by atoms with Gasteiger partial charge in [0.2, 0.25) is 12.6 Å². The van der Waals surface area contributed by atoms with Gasteiger partial charge in [0.05, 0.1) is 14.2 Å². The molecule has 0 fully saturated rings. The van der Waals surface area contributed by atoms with Gasteiger partial charge in [-0.05, 0) is 37.1 Å². The van der Waals surface area contributed by atoms with Crippen molar-refractivity contribution in [3.63, 3.8) is 0 Å². The van der Waals surface area contributed by atoms with Gasteiger partial charge in [-0.15, -0.1) is 9.78 Å². The number of methoxy groups -OCH3 is 2. The first-order valence-corrected chi connectivity index (χ1v) is 23.3. The number of rotatable bonds is 38. The average Bonchev–Trinajstić information content (AvgIpc) is 3.27. The Morgan fingerprint density at radius 1 is 0.417 bits per heavy atom. The molecule has 0 heterocycles. The van der Waals surface area contributed by atoms with E-state index in [-0.39, 0.29) is 24.0 Å². The van der Waals surface area contributed by atoms with Gasteiger partial charge in [-0.2, -0.15) is 0 Å². The maximum absolute atomic E-state index is 13.2. The fourth-order valence-electron chi connectivity index (χ4n) is 7.06. The number of benzene rings is 2. The molecule has 0 bridgehead atoms. The minimum absolute atomic E-state index is 0.158. The molecule has 2 aromatic rings. The topological polar surface area (TPSA) is 125 Å². The van der Waals surface area contributed by atoms with Crippen LogP contribution < -0.4 is 9.47 Å². The molecule has 11 heteroatoms. The summed E-state index contributed by atoms with van der Waals surface area (Å²) < 4.78 is 21.7. The predicted molar refractivity (Wildman–Crippen MR) is 235 cm³/mol. The molecule has 0 aliphatic rings. The lowest BCUT2D eigenvalue weighted by Crippen LogP contribution is -2.28. The molecular formula is C49H78O11. The van der Waals surface area contributed by atoms with E-state index >= 15 is 0 Å². The monoisotopic (exact) mass is 843 g/mol. The third-order valence-electron chi connectivity index (χ3n) is 10.7. The van der Waals surface area contributed by atoms with E-state index in [1.165, 1.54) is 130 Å². The summed E-state index contributed by atoms with van der Waals surface area (Å²) in [6, 6.07) is 13.2. The maximum atomic E-state index is 13.2. The molecule has 60 heavy (non-hydrogen) atoms. The van der Waals surface area contributed by atoms with Crippen LogP contribution in [0.5, 0.6) is 11.5 Å². The van der Waals surface area contributed by atoms with Gasteiger partial charge in [0.15, 0.2) is 0 Å². The summed E-state index contributed by atoms with van der Waals surface area (Å²) in [4.78, 5) is 60.2. The molecule has 0 N–H and O–H groups in total. The molecule has 2 aromatic carbocycles. The zero-order valence-electron chi connectivity index (χ0n) is 37.6. The number of hydrogen-bond acceptors (Lipinski definition) is 11. The lowest BCUT2D eigenvalue weighted by atomic mass is 10.0. The molecule has 2 atom stereocenters. The van der Waals surface area contributed by atoms with Crippen molar-refractivity contribution in [2.24, 2.45) is 0 Å². The molecule has 0 aliphatic heterocycles. The van der Waals surface area contributed by atoms with Gasteiger partial charge in [0.25, 0.3) is 0 Å². The second-order valence-electron chi connectivity index (χ2n) is 15.7. The van der Waals surface area contributed by atoms with E-state index in [1.807, 2.05) is 0 Å². The van der Waals surface area contributed by atoms with Crippen LogP contribution in [0, 0.1) is 0 Å². The SMILES string of the molecule is CCCCCCCCCCCCCCCC(OOC(=O)c1ccccc1OC)OC(=O)OC(CCCCCCCCCCCCCCC)OOC(=O)c1ccccc1OC. The van der Waals surface area contributed by atoms with Gasteiger partial charge in [0.1, 0.15) is 22.6 Å². The normalized spacial score (nSPS) is 12.1. The Morgan fingerprint density at radius 2 is 0.700 bits per heavy atom. The third-order valence-corrected chi connectivity index (χ3v) is 10.7. The van der Waals surface area contributed by atoms with E-state index in [1.54, 1.807) is 48.5 Å². The van der Waals surface area contributed by atoms with Crippen molar-refractivity contribution in [2.75, 3.05) is 14.2 Å². The van der Waals surface area contributed by atoms with Crippen LogP contribution in [0.1, 0.15) is 214 Å². The smallest absolute Gasteiger partial charge is 0.496 e. The second kappa shape index (κ2) is 35.9. The fraction of sp³-hybridized carbons (Fsp3) is 0.694. The fourth-order valence-corrected chi connectivity index (χ4v) is 7.06. The van der Waals surface area contributed by atoms with Crippen LogP contribution >= 0.6 is 0 Å².